The standard InChI is InChI=1S/C19H13F4N3O3/c20-16-5-4-14(8-12(16)11-28-17-10-24-6-7-25-17)26-18(27)29-15-3-1-2-13(9-15)19(21,22)23/h1-10H,11H2,(H,26,27). The molecule has 1 N–H and O–H groups in total. The molecule has 3 aromatic rings. The number of amides is 1. The number of hydrogen-bond acceptors (Lipinski definition) is 5. The van der Waals surface area contributed by atoms with E-state index in [1.165, 1.54) is 36.8 Å². The van der Waals surface area contributed by atoms with Crippen LogP contribution >= 0.6 is 0 Å². The summed E-state index contributed by atoms with van der Waals surface area (Å²) in [6.07, 6.45) is -1.38. The van der Waals surface area contributed by atoms with Gasteiger partial charge in [-0.3, -0.25) is 10.3 Å². The molecular formula is C19H13F4N3O3. The van der Waals surface area contributed by atoms with Crippen molar-refractivity contribution in [1.82, 2.24) is 9.97 Å². The lowest BCUT2D eigenvalue weighted by Crippen LogP contribution is -2.17. The van der Waals surface area contributed by atoms with Gasteiger partial charge >= 0.3 is 12.3 Å². The lowest BCUT2D eigenvalue weighted by molar-refractivity contribution is -0.137. The smallest absolute Gasteiger partial charge is 0.417 e. The predicted molar refractivity (Wildman–Crippen MR) is 93.9 cm³/mol. The van der Waals surface area contributed by atoms with E-state index >= 15 is 0 Å². The molecule has 0 bridgehead atoms. The molecule has 2 aromatic carbocycles. The minimum Gasteiger partial charge on any atom is -0.472 e. The second-order valence-corrected chi connectivity index (χ2v) is 5.68. The summed E-state index contributed by atoms with van der Waals surface area (Å²) in [6.45, 7) is -0.178. The molecule has 1 amide bonds. The number of benzene rings is 2. The van der Waals surface area contributed by atoms with Gasteiger partial charge in [0.1, 0.15) is 18.2 Å². The number of nitrogens with one attached hydrogen (secondary N) is 1. The number of anilines is 1. The fourth-order valence-corrected chi connectivity index (χ4v) is 2.26. The van der Waals surface area contributed by atoms with Crippen LogP contribution in [0.5, 0.6) is 11.6 Å². The maximum atomic E-state index is 13.9. The monoisotopic (exact) mass is 407 g/mol. The summed E-state index contributed by atoms with van der Waals surface area (Å²) in [5.41, 5.74) is -0.665. The van der Waals surface area contributed by atoms with Gasteiger partial charge in [-0.2, -0.15) is 13.2 Å². The van der Waals surface area contributed by atoms with Crippen molar-refractivity contribution in [3.8, 4) is 11.6 Å². The van der Waals surface area contributed by atoms with Gasteiger partial charge in [-0.05, 0) is 36.4 Å². The van der Waals surface area contributed by atoms with Crippen LogP contribution in [-0.4, -0.2) is 16.1 Å². The third kappa shape index (κ3) is 5.64. The van der Waals surface area contributed by atoms with Gasteiger partial charge in [0.05, 0.1) is 11.8 Å². The van der Waals surface area contributed by atoms with Crippen LogP contribution in [0.2, 0.25) is 0 Å². The summed E-state index contributed by atoms with van der Waals surface area (Å²) in [4.78, 5) is 19.7. The largest absolute Gasteiger partial charge is 0.472 e. The van der Waals surface area contributed by atoms with Gasteiger partial charge in [-0.1, -0.05) is 6.07 Å². The van der Waals surface area contributed by atoms with Crippen molar-refractivity contribution in [3.05, 3.63) is 78.0 Å². The van der Waals surface area contributed by atoms with Crippen molar-refractivity contribution in [3.63, 3.8) is 0 Å². The maximum Gasteiger partial charge on any atom is 0.417 e. The third-order valence-electron chi connectivity index (χ3n) is 3.58. The molecule has 150 valence electrons. The number of carbonyl (C=O) groups is 1. The highest BCUT2D eigenvalue weighted by Gasteiger charge is 2.30. The van der Waals surface area contributed by atoms with Gasteiger partial charge < -0.3 is 9.47 Å². The maximum absolute atomic E-state index is 13.9. The van der Waals surface area contributed by atoms with Crippen molar-refractivity contribution in [1.29, 1.82) is 0 Å². The topological polar surface area (TPSA) is 73.3 Å². The Balaban J connectivity index is 1.65. The van der Waals surface area contributed by atoms with Crippen LogP contribution in [0.25, 0.3) is 0 Å². The Morgan fingerprint density at radius 1 is 1.10 bits per heavy atom. The summed E-state index contributed by atoms with van der Waals surface area (Å²) in [7, 11) is 0. The van der Waals surface area contributed by atoms with Crippen LogP contribution in [-0.2, 0) is 12.8 Å². The van der Waals surface area contributed by atoms with E-state index in [4.69, 9.17) is 9.47 Å². The molecule has 1 aromatic heterocycles. The first-order valence-corrected chi connectivity index (χ1v) is 8.14. The molecule has 0 saturated heterocycles. The number of alkyl halides is 3. The van der Waals surface area contributed by atoms with Gasteiger partial charge in [0.15, 0.2) is 0 Å². The third-order valence-corrected chi connectivity index (χ3v) is 3.58. The fraction of sp³-hybridized carbons (Fsp3) is 0.105. The first-order chi connectivity index (χ1) is 13.8. The Labute approximate surface area is 162 Å². The van der Waals surface area contributed by atoms with Crippen molar-refractivity contribution >= 4 is 11.8 Å². The second kappa shape index (κ2) is 8.55. The van der Waals surface area contributed by atoms with E-state index in [0.29, 0.717) is 6.07 Å². The molecular weight excluding hydrogens is 394 g/mol. The van der Waals surface area contributed by atoms with Gasteiger partial charge in [0.25, 0.3) is 0 Å². The molecule has 10 heteroatoms. The Kier molecular flexibility index (Phi) is 5.91. The molecule has 0 saturated carbocycles. The molecule has 0 unspecified atom stereocenters. The molecule has 0 radical (unpaired) electrons. The van der Waals surface area contributed by atoms with E-state index in [9.17, 15) is 22.4 Å². The van der Waals surface area contributed by atoms with Crippen LogP contribution in [0.3, 0.4) is 0 Å². The summed E-state index contributed by atoms with van der Waals surface area (Å²) < 4.78 is 62.3. The first kappa shape index (κ1) is 20.1. The van der Waals surface area contributed by atoms with E-state index in [0.717, 1.165) is 18.2 Å². The Hall–Kier alpha value is -3.69. The number of rotatable bonds is 5. The van der Waals surface area contributed by atoms with Crippen LogP contribution < -0.4 is 14.8 Å². The molecule has 3 rings (SSSR count). The van der Waals surface area contributed by atoms with Crippen molar-refractivity contribution in [2.75, 3.05) is 5.32 Å². The van der Waals surface area contributed by atoms with Crippen molar-refractivity contribution in [2.45, 2.75) is 12.8 Å². The van der Waals surface area contributed by atoms with Crippen molar-refractivity contribution < 1.29 is 31.8 Å². The quantitative estimate of drug-likeness (QED) is 0.614. The van der Waals surface area contributed by atoms with Crippen LogP contribution in [0.15, 0.2) is 61.1 Å². The van der Waals surface area contributed by atoms with E-state index < -0.39 is 23.7 Å². The van der Waals surface area contributed by atoms with Crippen molar-refractivity contribution in [2.24, 2.45) is 0 Å². The molecule has 6 nitrogen and oxygen atoms in total. The summed E-state index contributed by atoms with van der Waals surface area (Å²) >= 11 is 0. The zero-order chi connectivity index (χ0) is 20.9. The molecule has 0 spiro atoms. The summed E-state index contributed by atoms with van der Waals surface area (Å²) in [5, 5.41) is 2.32. The number of carbonyl (C=O) groups excluding carboxylic acids is 1. The van der Waals surface area contributed by atoms with Gasteiger partial charge in [-0.25, -0.2) is 14.2 Å². The number of nitrogens with zero attached hydrogens (tertiary/aromatic N) is 2. The Morgan fingerprint density at radius 3 is 2.66 bits per heavy atom. The normalized spacial score (nSPS) is 11.0. The lowest BCUT2D eigenvalue weighted by Gasteiger charge is -2.11. The molecule has 0 fully saturated rings. The molecule has 1 heterocycles. The van der Waals surface area contributed by atoms with Gasteiger partial charge in [0.2, 0.25) is 5.88 Å². The summed E-state index contributed by atoms with van der Waals surface area (Å²) in [6, 6.07) is 7.56. The Bertz CT molecular complexity index is 997. The number of halogens is 4. The number of hydrogen-bond donors (Lipinski definition) is 1. The average Bonchev–Trinajstić information content (AvgIpc) is 2.68. The zero-order valence-corrected chi connectivity index (χ0v) is 14.6. The number of aromatic nitrogens is 2. The van der Waals surface area contributed by atoms with E-state index in [1.807, 2.05) is 0 Å². The second-order valence-electron chi connectivity index (χ2n) is 5.68. The van der Waals surface area contributed by atoms with Gasteiger partial charge in [-0.15, -0.1) is 0 Å². The number of ether oxygens (including phenoxy) is 2. The molecule has 29 heavy (non-hydrogen) atoms. The van der Waals surface area contributed by atoms with E-state index in [-0.39, 0.29) is 29.5 Å². The van der Waals surface area contributed by atoms with Crippen LogP contribution in [0, 0.1) is 5.82 Å². The average molecular weight is 407 g/mol. The molecule has 0 aliphatic rings. The van der Waals surface area contributed by atoms with E-state index in [2.05, 4.69) is 15.3 Å². The lowest BCUT2D eigenvalue weighted by atomic mass is 10.2. The first-order valence-electron chi connectivity index (χ1n) is 8.14. The molecule has 0 atom stereocenters. The SMILES string of the molecule is O=C(Nc1ccc(F)c(COc2cnccn2)c1)Oc1cccc(C(F)(F)F)c1. The summed E-state index contributed by atoms with van der Waals surface area (Å²) in [5.74, 6) is -0.675. The fourth-order valence-electron chi connectivity index (χ4n) is 2.26. The Morgan fingerprint density at radius 2 is 1.93 bits per heavy atom. The van der Waals surface area contributed by atoms with E-state index in [1.54, 1.807) is 0 Å². The highest BCUT2D eigenvalue weighted by Crippen LogP contribution is 2.31. The minimum absolute atomic E-state index is 0.118. The van der Waals surface area contributed by atoms with Crippen LogP contribution in [0.4, 0.5) is 28.0 Å². The molecule has 0 aliphatic heterocycles. The zero-order valence-electron chi connectivity index (χ0n) is 14.6. The highest BCUT2D eigenvalue weighted by molar-refractivity contribution is 5.86. The molecule has 0 aliphatic carbocycles. The predicted octanol–water partition coefficient (Wildman–Crippen LogP) is 4.82. The minimum atomic E-state index is -4.56. The van der Waals surface area contributed by atoms with Gasteiger partial charge in [0, 0.05) is 23.6 Å². The highest BCUT2D eigenvalue weighted by atomic mass is 19.4. The van der Waals surface area contributed by atoms with Crippen LogP contribution in [0.1, 0.15) is 11.1 Å².